The zero-order chi connectivity index (χ0) is 12.3. The molecule has 0 fully saturated rings. The van der Waals surface area contributed by atoms with Gasteiger partial charge in [-0.25, -0.2) is 0 Å². The molecule has 1 aromatic heterocycles. The molecule has 0 saturated heterocycles. The first kappa shape index (κ1) is 11.5. The lowest BCUT2D eigenvalue weighted by molar-refractivity contribution is 0.0946. The van der Waals surface area contributed by atoms with Crippen molar-refractivity contribution >= 4 is 16.8 Å². The summed E-state index contributed by atoms with van der Waals surface area (Å²) in [5, 5.41) is 12.2. The van der Waals surface area contributed by atoms with Crippen LogP contribution in [0.25, 0.3) is 10.9 Å². The maximum Gasteiger partial charge on any atom is 0.252 e. The maximum absolute atomic E-state index is 11.9. The molecule has 0 unspecified atom stereocenters. The second-order valence-corrected chi connectivity index (χ2v) is 3.81. The van der Waals surface area contributed by atoms with Gasteiger partial charge >= 0.3 is 0 Å². The number of para-hydroxylation sites is 1. The summed E-state index contributed by atoms with van der Waals surface area (Å²) < 4.78 is 0. The van der Waals surface area contributed by atoms with Gasteiger partial charge in [0.15, 0.2) is 0 Å². The third-order valence-electron chi connectivity index (χ3n) is 2.49. The van der Waals surface area contributed by atoms with E-state index < -0.39 is 0 Å². The quantitative estimate of drug-likeness (QED) is 0.834. The van der Waals surface area contributed by atoms with Crippen molar-refractivity contribution in [2.45, 2.75) is 6.92 Å². The van der Waals surface area contributed by atoms with E-state index in [0.29, 0.717) is 5.56 Å². The molecular weight excluding hydrogens is 216 g/mol. The highest BCUT2D eigenvalue weighted by atomic mass is 16.3. The van der Waals surface area contributed by atoms with E-state index in [0.717, 1.165) is 16.6 Å². The zero-order valence-electron chi connectivity index (χ0n) is 9.60. The third kappa shape index (κ3) is 2.42. The molecule has 4 heteroatoms. The number of nitrogens with one attached hydrogen (secondary N) is 1. The van der Waals surface area contributed by atoms with E-state index in [9.17, 15) is 4.79 Å². The SMILES string of the molecule is Cc1cc(C(=O)NCCO)c2ccccc2n1. The number of rotatable bonds is 3. The lowest BCUT2D eigenvalue weighted by Crippen LogP contribution is -2.26. The van der Waals surface area contributed by atoms with Gasteiger partial charge in [0.05, 0.1) is 17.7 Å². The van der Waals surface area contributed by atoms with Crippen LogP contribution in [0.2, 0.25) is 0 Å². The highest BCUT2D eigenvalue weighted by molar-refractivity contribution is 6.06. The van der Waals surface area contributed by atoms with Crippen molar-refractivity contribution in [3.05, 3.63) is 41.6 Å². The number of hydrogen-bond acceptors (Lipinski definition) is 3. The molecule has 1 heterocycles. The molecule has 17 heavy (non-hydrogen) atoms. The number of carbonyl (C=O) groups excluding carboxylic acids is 1. The summed E-state index contributed by atoms with van der Waals surface area (Å²) in [6.07, 6.45) is 0. The fourth-order valence-electron chi connectivity index (χ4n) is 1.76. The molecule has 4 nitrogen and oxygen atoms in total. The second kappa shape index (κ2) is 4.93. The van der Waals surface area contributed by atoms with Gasteiger partial charge in [-0.1, -0.05) is 18.2 Å². The average molecular weight is 230 g/mol. The Morgan fingerprint density at radius 1 is 1.41 bits per heavy atom. The molecule has 2 rings (SSSR count). The van der Waals surface area contributed by atoms with Crippen LogP contribution >= 0.6 is 0 Å². The summed E-state index contributed by atoms with van der Waals surface area (Å²) in [5.41, 5.74) is 2.21. The Balaban J connectivity index is 2.48. The van der Waals surface area contributed by atoms with Crippen LogP contribution in [-0.2, 0) is 0 Å². The number of aliphatic hydroxyl groups excluding tert-OH is 1. The number of nitrogens with zero attached hydrogens (tertiary/aromatic N) is 1. The molecule has 0 aliphatic heterocycles. The fraction of sp³-hybridized carbons (Fsp3) is 0.231. The molecule has 0 aliphatic carbocycles. The number of aryl methyl sites for hydroxylation is 1. The summed E-state index contributed by atoms with van der Waals surface area (Å²) in [5.74, 6) is -0.180. The first-order valence-corrected chi connectivity index (χ1v) is 5.48. The molecule has 0 spiro atoms. The van der Waals surface area contributed by atoms with Gasteiger partial charge < -0.3 is 10.4 Å². The number of aliphatic hydroxyl groups is 1. The second-order valence-electron chi connectivity index (χ2n) is 3.81. The van der Waals surface area contributed by atoms with Gasteiger partial charge in [-0.15, -0.1) is 0 Å². The van der Waals surface area contributed by atoms with Crippen LogP contribution in [-0.4, -0.2) is 29.1 Å². The van der Waals surface area contributed by atoms with E-state index in [1.54, 1.807) is 6.07 Å². The highest BCUT2D eigenvalue weighted by Gasteiger charge is 2.10. The van der Waals surface area contributed by atoms with Crippen LogP contribution in [0.1, 0.15) is 16.1 Å². The standard InChI is InChI=1S/C13H14N2O2/c1-9-8-11(13(17)14-6-7-16)10-4-2-3-5-12(10)15-9/h2-5,8,16H,6-7H2,1H3,(H,14,17). The Morgan fingerprint density at radius 3 is 2.94 bits per heavy atom. The third-order valence-corrected chi connectivity index (χ3v) is 2.49. The van der Waals surface area contributed by atoms with Crippen LogP contribution < -0.4 is 5.32 Å². The van der Waals surface area contributed by atoms with Crippen molar-refractivity contribution in [1.82, 2.24) is 10.3 Å². The van der Waals surface area contributed by atoms with E-state index in [1.165, 1.54) is 0 Å². The Morgan fingerprint density at radius 2 is 2.18 bits per heavy atom. The van der Waals surface area contributed by atoms with E-state index in [4.69, 9.17) is 5.11 Å². The Bertz CT molecular complexity index is 552. The van der Waals surface area contributed by atoms with E-state index in [-0.39, 0.29) is 19.1 Å². The predicted octanol–water partition coefficient (Wildman–Crippen LogP) is 1.27. The van der Waals surface area contributed by atoms with Crippen molar-refractivity contribution in [1.29, 1.82) is 0 Å². The topological polar surface area (TPSA) is 62.2 Å². The molecule has 1 aromatic carbocycles. The van der Waals surface area contributed by atoms with Crippen molar-refractivity contribution in [3.63, 3.8) is 0 Å². The smallest absolute Gasteiger partial charge is 0.252 e. The molecule has 2 aromatic rings. The Hall–Kier alpha value is -1.94. The summed E-state index contributed by atoms with van der Waals surface area (Å²) in [7, 11) is 0. The largest absolute Gasteiger partial charge is 0.395 e. The van der Waals surface area contributed by atoms with Crippen molar-refractivity contribution < 1.29 is 9.90 Å². The van der Waals surface area contributed by atoms with Gasteiger partial charge in [-0.05, 0) is 19.1 Å². The van der Waals surface area contributed by atoms with Crippen molar-refractivity contribution in [2.75, 3.05) is 13.2 Å². The van der Waals surface area contributed by atoms with Crippen LogP contribution in [0.3, 0.4) is 0 Å². The Labute approximate surface area is 99.3 Å². The maximum atomic E-state index is 11.9. The van der Waals surface area contributed by atoms with E-state index in [2.05, 4.69) is 10.3 Å². The highest BCUT2D eigenvalue weighted by Crippen LogP contribution is 2.17. The van der Waals surface area contributed by atoms with Gasteiger partial charge in [0.1, 0.15) is 0 Å². The lowest BCUT2D eigenvalue weighted by Gasteiger charge is -2.07. The first-order chi connectivity index (χ1) is 8.22. The van der Waals surface area contributed by atoms with E-state index in [1.807, 2.05) is 31.2 Å². The predicted molar refractivity (Wildman–Crippen MR) is 65.9 cm³/mol. The van der Waals surface area contributed by atoms with Gasteiger partial charge in [0.2, 0.25) is 0 Å². The average Bonchev–Trinajstić information content (AvgIpc) is 2.34. The van der Waals surface area contributed by atoms with Gasteiger partial charge in [-0.3, -0.25) is 9.78 Å². The van der Waals surface area contributed by atoms with E-state index >= 15 is 0 Å². The Kier molecular flexibility index (Phi) is 3.35. The van der Waals surface area contributed by atoms with Crippen LogP contribution in [0.4, 0.5) is 0 Å². The van der Waals surface area contributed by atoms with Crippen LogP contribution in [0, 0.1) is 6.92 Å². The summed E-state index contributed by atoms with van der Waals surface area (Å²) in [4.78, 5) is 16.3. The number of hydrogen-bond donors (Lipinski definition) is 2. The number of fused-ring (bicyclic) bond motifs is 1. The number of benzene rings is 1. The zero-order valence-corrected chi connectivity index (χ0v) is 9.60. The summed E-state index contributed by atoms with van der Waals surface area (Å²) in [6.45, 7) is 2.05. The molecule has 0 bridgehead atoms. The molecule has 2 N–H and O–H groups in total. The molecule has 0 aliphatic rings. The molecule has 0 saturated carbocycles. The number of aromatic nitrogens is 1. The minimum absolute atomic E-state index is 0.0618. The first-order valence-electron chi connectivity index (χ1n) is 5.48. The van der Waals surface area contributed by atoms with Gasteiger partial charge in [0.25, 0.3) is 5.91 Å². The number of carbonyl (C=O) groups is 1. The van der Waals surface area contributed by atoms with Crippen LogP contribution in [0.5, 0.6) is 0 Å². The summed E-state index contributed by atoms with van der Waals surface area (Å²) >= 11 is 0. The number of amides is 1. The molecule has 1 amide bonds. The normalized spacial score (nSPS) is 10.5. The molecule has 0 atom stereocenters. The van der Waals surface area contributed by atoms with Crippen molar-refractivity contribution in [2.24, 2.45) is 0 Å². The fourth-order valence-corrected chi connectivity index (χ4v) is 1.76. The minimum Gasteiger partial charge on any atom is -0.395 e. The summed E-state index contributed by atoms with van der Waals surface area (Å²) in [6, 6.07) is 9.28. The van der Waals surface area contributed by atoms with Gasteiger partial charge in [0, 0.05) is 17.6 Å². The van der Waals surface area contributed by atoms with Crippen molar-refractivity contribution in [3.8, 4) is 0 Å². The van der Waals surface area contributed by atoms with Crippen LogP contribution in [0.15, 0.2) is 30.3 Å². The monoisotopic (exact) mass is 230 g/mol. The molecule has 88 valence electrons. The number of pyridine rings is 1. The molecule has 0 radical (unpaired) electrons. The lowest BCUT2D eigenvalue weighted by atomic mass is 10.1. The minimum atomic E-state index is -0.180. The van der Waals surface area contributed by atoms with Gasteiger partial charge in [-0.2, -0.15) is 0 Å². The molecular formula is C13H14N2O2.